The maximum Gasteiger partial charge on any atom is 0.132 e. The Morgan fingerprint density at radius 2 is 2.00 bits per heavy atom. The molecule has 0 unspecified atom stereocenters. The lowest BCUT2D eigenvalue weighted by molar-refractivity contribution is 0.410. The largest absolute Gasteiger partial charge is 0.507 e. The Balaban J connectivity index is 2.61. The van der Waals surface area contributed by atoms with E-state index in [1.54, 1.807) is 31.5 Å². The van der Waals surface area contributed by atoms with E-state index in [1.807, 2.05) is 18.2 Å². The van der Waals surface area contributed by atoms with Crippen LogP contribution in [0, 0.1) is 0 Å². The predicted molar refractivity (Wildman–Crippen MR) is 57.9 cm³/mol. The molecule has 1 aromatic carbocycles. The van der Waals surface area contributed by atoms with Crippen LogP contribution in [0.15, 0.2) is 42.6 Å². The summed E-state index contributed by atoms with van der Waals surface area (Å²) in [5, 5.41) is 9.76. The van der Waals surface area contributed by atoms with E-state index in [1.165, 1.54) is 0 Å². The highest BCUT2D eigenvalue weighted by atomic mass is 16.5. The van der Waals surface area contributed by atoms with Crippen LogP contribution in [0.3, 0.4) is 0 Å². The minimum Gasteiger partial charge on any atom is -0.507 e. The molecular weight excluding hydrogens is 190 g/mol. The number of ether oxygens (including phenoxy) is 1. The topological polar surface area (TPSA) is 42.4 Å². The predicted octanol–water partition coefficient (Wildman–Crippen LogP) is 2.46. The fourth-order valence-corrected chi connectivity index (χ4v) is 1.46. The van der Waals surface area contributed by atoms with Crippen LogP contribution < -0.4 is 4.74 Å². The lowest BCUT2D eigenvalue weighted by Crippen LogP contribution is -1.89. The van der Waals surface area contributed by atoms with E-state index in [-0.39, 0.29) is 5.75 Å². The van der Waals surface area contributed by atoms with E-state index < -0.39 is 0 Å². The van der Waals surface area contributed by atoms with E-state index in [9.17, 15) is 5.11 Å². The van der Waals surface area contributed by atoms with Crippen LogP contribution in [0.5, 0.6) is 11.5 Å². The van der Waals surface area contributed by atoms with Crippen molar-refractivity contribution in [2.45, 2.75) is 0 Å². The highest BCUT2D eigenvalue weighted by Crippen LogP contribution is 2.35. The van der Waals surface area contributed by atoms with Crippen LogP contribution >= 0.6 is 0 Å². The average Bonchev–Trinajstić information content (AvgIpc) is 2.29. The molecule has 3 nitrogen and oxygen atoms in total. The summed E-state index contributed by atoms with van der Waals surface area (Å²) in [7, 11) is 1.57. The maximum absolute atomic E-state index is 9.76. The molecule has 0 bridgehead atoms. The molecule has 0 aliphatic rings. The molecule has 0 saturated carbocycles. The van der Waals surface area contributed by atoms with Gasteiger partial charge in [0.25, 0.3) is 0 Å². The summed E-state index contributed by atoms with van der Waals surface area (Å²) in [6, 6.07) is 10.7. The standard InChI is InChI=1S/C12H11NO2/c1-15-11-7-4-6-10(14)12(11)9-5-2-3-8-13-9/h2-8,14H,1H3. The lowest BCUT2D eigenvalue weighted by atomic mass is 10.1. The SMILES string of the molecule is COc1cccc(O)c1-c1ccccn1. The van der Waals surface area contributed by atoms with Gasteiger partial charge in [-0.3, -0.25) is 4.98 Å². The van der Waals surface area contributed by atoms with Gasteiger partial charge in [-0.25, -0.2) is 0 Å². The van der Waals surface area contributed by atoms with Crippen molar-refractivity contribution < 1.29 is 9.84 Å². The van der Waals surface area contributed by atoms with Crippen LogP contribution in [0.1, 0.15) is 0 Å². The van der Waals surface area contributed by atoms with Crippen molar-refractivity contribution in [1.29, 1.82) is 0 Å². The molecule has 3 heteroatoms. The fraction of sp³-hybridized carbons (Fsp3) is 0.0833. The molecule has 1 N–H and O–H groups in total. The van der Waals surface area contributed by atoms with Gasteiger partial charge in [0.15, 0.2) is 0 Å². The van der Waals surface area contributed by atoms with E-state index in [2.05, 4.69) is 4.98 Å². The molecule has 0 radical (unpaired) electrons. The van der Waals surface area contributed by atoms with Gasteiger partial charge in [-0.15, -0.1) is 0 Å². The highest BCUT2D eigenvalue weighted by Gasteiger charge is 2.10. The lowest BCUT2D eigenvalue weighted by Gasteiger charge is -2.09. The number of hydrogen-bond acceptors (Lipinski definition) is 3. The normalized spacial score (nSPS) is 9.93. The minimum absolute atomic E-state index is 0.174. The van der Waals surface area contributed by atoms with Gasteiger partial charge < -0.3 is 9.84 Å². The van der Waals surface area contributed by atoms with Gasteiger partial charge in [-0.05, 0) is 24.3 Å². The summed E-state index contributed by atoms with van der Waals surface area (Å²) >= 11 is 0. The van der Waals surface area contributed by atoms with Crippen LogP contribution in [0.2, 0.25) is 0 Å². The number of aromatic nitrogens is 1. The Labute approximate surface area is 88.0 Å². The molecule has 0 aliphatic carbocycles. The first-order valence-corrected chi connectivity index (χ1v) is 4.60. The Bertz CT molecular complexity index is 454. The van der Waals surface area contributed by atoms with Crippen molar-refractivity contribution in [3.8, 4) is 22.8 Å². The van der Waals surface area contributed by atoms with Crippen molar-refractivity contribution in [3.05, 3.63) is 42.6 Å². The molecule has 1 heterocycles. The molecule has 0 amide bonds. The third-order valence-corrected chi connectivity index (χ3v) is 2.15. The van der Waals surface area contributed by atoms with E-state index in [0.29, 0.717) is 17.0 Å². The molecule has 15 heavy (non-hydrogen) atoms. The zero-order chi connectivity index (χ0) is 10.7. The van der Waals surface area contributed by atoms with Crippen LogP contribution in [-0.4, -0.2) is 17.2 Å². The number of phenolic OH excluding ortho intramolecular Hbond substituents is 1. The van der Waals surface area contributed by atoms with E-state index >= 15 is 0 Å². The third-order valence-electron chi connectivity index (χ3n) is 2.15. The molecule has 0 atom stereocenters. The van der Waals surface area contributed by atoms with Crippen molar-refractivity contribution in [2.24, 2.45) is 0 Å². The van der Waals surface area contributed by atoms with Gasteiger partial charge in [-0.2, -0.15) is 0 Å². The summed E-state index contributed by atoms with van der Waals surface area (Å²) in [6.45, 7) is 0. The van der Waals surface area contributed by atoms with Crippen LogP contribution in [0.25, 0.3) is 11.3 Å². The zero-order valence-electron chi connectivity index (χ0n) is 8.34. The van der Waals surface area contributed by atoms with Crippen LogP contribution in [0.4, 0.5) is 0 Å². The Hall–Kier alpha value is -2.03. The number of phenols is 1. The van der Waals surface area contributed by atoms with Gasteiger partial charge in [0.1, 0.15) is 11.5 Å². The second-order valence-corrected chi connectivity index (χ2v) is 3.07. The second kappa shape index (κ2) is 4.00. The Morgan fingerprint density at radius 3 is 2.67 bits per heavy atom. The quantitative estimate of drug-likeness (QED) is 0.811. The average molecular weight is 201 g/mol. The van der Waals surface area contributed by atoms with Gasteiger partial charge in [0, 0.05) is 6.20 Å². The third kappa shape index (κ3) is 1.76. The van der Waals surface area contributed by atoms with Gasteiger partial charge >= 0.3 is 0 Å². The molecule has 0 spiro atoms. The monoisotopic (exact) mass is 201 g/mol. The first-order valence-electron chi connectivity index (χ1n) is 4.60. The number of rotatable bonds is 2. The summed E-state index contributed by atoms with van der Waals surface area (Å²) in [6.07, 6.45) is 1.68. The molecule has 0 fully saturated rings. The molecular formula is C12H11NO2. The van der Waals surface area contributed by atoms with E-state index in [4.69, 9.17) is 4.74 Å². The van der Waals surface area contributed by atoms with Crippen molar-refractivity contribution in [2.75, 3.05) is 7.11 Å². The molecule has 1 aromatic heterocycles. The van der Waals surface area contributed by atoms with Gasteiger partial charge in [0.2, 0.25) is 0 Å². The summed E-state index contributed by atoms with van der Waals surface area (Å²) < 4.78 is 5.18. The summed E-state index contributed by atoms with van der Waals surface area (Å²) in [4.78, 5) is 4.18. The number of benzene rings is 1. The molecule has 76 valence electrons. The van der Waals surface area contributed by atoms with Crippen molar-refractivity contribution in [3.63, 3.8) is 0 Å². The molecule has 0 aliphatic heterocycles. The minimum atomic E-state index is 0.174. The number of nitrogens with zero attached hydrogens (tertiary/aromatic N) is 1. The van der Waals surface area contributed by atoms with Crippen molar-refractivity contribution >= 4 is 0 Å². The number of aromatic hydroxyl groups is 1. The van der Waals surface area contributed by atoms with E-state index in [0.717, 1.165) is 0 Å². The number of pyridine rings is 1. The van der Waals surface area contributed by atoms with Crippen LogP contribution in [-0.2, 0) is 0 Å². The smallest absolute Gasteiger partial charge is 0.132 e. The molecule has 2 rings (SSSR count). The van der Waals surface area contributed by atoms with Gasteiger partial charge in [0.05, 0.1) is 18.4 Å². The highest BCUT2D eigenvalue weighted by molar-refractivity contribution is 5.73. The Kier molecular flexibility index (Phi) is 2.54. The number of methoxy groups -OCH3 is 1. The first-order chi connectivity index (χ1) is 7.33. The zero-order valence-corrected chi connectivity index (χ0v) is 8.34. The Morgan fingerprint density at radius 1 is 1.13 bits per heavy atom. The summed E-state index contributed by atoms with van der Waals surface area (Å²) in [5.74, 6) is 0.793. The second-order valence-electron chi connectivity index (χ2n) is 3.07. The van der Waals surface area contributed by atoms with Gasteiger partial charge in [-0.1, -0.05) is 12.1 Å². The maximum atomic E-state index is 9.76. The number of hydrogen-bond donors (Lipinski definition) is 1. The molecule has 2 aromatic rings. The summed E-state index contributed by atoms with van der Waals surface area (Å²) in [5.41, 5.74) is 1.33. The molecule has 0 saturated heterocycles. The fourth-order valence-electron chi connectivity index (χ4n) is 1.46. The van der Waals surface area contributed by atoms with Crippen molar-refractivity contribution in [1.82, 2.24) is 4.98 Å². The first kappa shape index (κ1) is 9.52.